The Balaban J connectivity index is 2.00. The van der Waals surface area contributed by atoms with Crippen LogP contribution in [-0.2, 0) is 13.2 Å². The van der Waals surface area contributed by atoms with E-state index in [9.17, 15) is 0 Å². The first-order valence-corrected chi connectivity index (χ1v) is 11.1. The number of benzene rings is 2. The summed E-state index contributed by atoms with van der Waals surface area (Å²) in [5, 5.41) is 16.5. The Labute approximate surface area is 190 Å². The molecule has 3 N–H and O–H groups in total. The second kappa shape index (κ2) is 13.3. The van der Waals surface area contributed by atoms with Crippen molar-refractivity contribution in [2.24, 2.45) is 0 Å². The normalized spacial score (nSPS) is 10.9. The van der Waals surface area contributed by atoms with E-state index >= 15 is 0 Å². The van der Waals surface area contributed by atoms with Gasteiger partial charge in [0.15, 0.2) is 11.5 Å². The maximum absolute atomic E-state index is 8.75. The van der Waals surface area contributed by atoms with Gasteiger partial charge in [0.25, 0.3) is 0 Å². The molecule has 0 heterocycles. The van der Waals surface area contributed by atoms with E-state index in [-0.39, 0.29) is 13.2 Å². The molecule has 0 radical (unpaired) electrons. The van der Waals surface area contributed by atoms with Crippen LogP contribution in [0.15, 0.2) is 34.8 Å². The summed E-state index contributed by atoms with van der Waals surface area (Å²) in [4.78, 5) is 0. The van der Waals surface area contributed by atoms with Crippen LogP contribution in [0.1, 0.15) is 24.5 Å². The number of aliphatic hydroxyl groups is 1. The predicted octanol–water partition coefficient (Wildman–Crippen LogP) is 4.80. The number of rotatable bonds is 13. The van der Waals surface area contributed by atoms with Crippen LogP contribution in [0, 0.1) is 0 Å². The lowest BCUT2D eigenvalue weighted by atomic mass is 10.2. The van der Waals surface area contributed by atoms with Crippen molar-refractivity contribution in [1.29, 1.82) is 0 Å². The van der Waals surface area contributed by atoms with Crippen molar-refractivity contribution in [3.8, 4) is 11.5 Å². The van der Waals surface area contributed by atoms with Crippen molar-refractivity contribution in [3.05, 3.63) is 56.0 Å². The van der Waals surface area contributed by atoms with E-state index in [4.69, 9.17) is 37.8 Å². The molecular formula is C21H27BrCl2N2O3. The standard InChI is InChI=1S/C21H27BrCl2N2O3/c1-2-28-20-12-15(13-26-8-4-7-25-9-10-27)11-17(22)21(20)29-14-16-18(23)5-3-6-19(16)24/h3,5-6,11-12,25-27H,2,4,7-10,13-14H2,1H3. The SMILES string of the molecule is CCOc1cc(CNCCCNCCO)cc(Br)c1OCc1c(Cl)cccc1Cl. The highest BCUT2D eigenvalue weighted by molar-refractivity contribution is 9.10. The smallest absolute Gasteiger partial charge is 0.175 e. The summed E-state index contributed by atoms with van der Waals surface area (Å²) >= 11 is 16.1. The van der Waals surface area contributed by atoms with Gasteiger partial charge in [0.05, 0.1) is 17.7 Å². The Morgan fingerprint density at radius 3 is 2.45 bits per heavy atom. The van der Waals surface area contributed by atoms with Gasteiger partial charge in [0.1, 0.15) is 6.61 Å². The van der Waals surface area contributed by atoms with Gasteiger partial charge in [0, 0.05) is 28.7 Å². The van der Waals surface area contributed by atoms with Crippen LogP contribution in [0.5, 0.6) is 11.5 Å². The van der Waals surface area contributed by atoms with Crippen molar-refractivity contribution in [3.63, 3.8) is 0 Å². The van der Waals surface area contributed by atoms with Gasteiger partial charge in [0.2, 0.25) is 0 Å². The molecule has 29 heavy (non-hydrogen) atoms. The van der Waals surface area contributed by atoms with E-state index in [1.54, 1.807) is 18.2 Å². The Bertz CT molecular complexity index is 758. The first-order valence-electron chi connectivity index (χ1n) is 9.60. The summed E-state index contributed by atoms with van der Waals surface area (Å²) in [6.45, 7) is 5.98. The molecule has 2 aromatic rings. The third kappa shape index (κ3) is 7.96. The van der Waals surface area contributed by atoms with Gasteiger partial charge in [-0.3, -0.25) is 0 Å². The molecule has 0 fully saturated rings. The number of halogens is 3. The van der Waals surface area contributed by atoms with Gasteiger partial charge < -0.3 is 25.2 Å². The first-order chi connectivity index (χ1) is 14.1. The lowest BCUT2D eigenvalue weighted by Gasteiger charge is -2.17. The molecule has 0 unspecified atom stereocenters. The number of aliphatic hydroxyl groups excluding tert-OH is 1. The van der Waals surface area contributed by atoms with Crippen molar-refractivity contribution in [1.82, 2.24) is 10.6 Å². The zero-order valence-electron chi connectivity index (χ0n) is 16.4. The molecule has 0 bridgehead atoms. The van der Waals surface area contributed by atoms with Crippen LogP contribution in [-0.4, -0.2) is 38.0 Å². The number of hydrogen-bond acceptors (Lipinski definition) is 5. The van der Waals surface area contributed by atoms with Gasteiger partial charge >= 0.3 is 0 Å². The average molecular weight is 506 g/mol. The maximum Gasteiger partial charge on any atom is 0.175 e. The van der Waals surface area contributed by atoms with Crippen LogP contribution in [0.2, 0.25) is 10.0 Å². The molecule has 0 atom stereocenters. The van der Waals surface area contributed by atoms with Crippen molar-refractivity contribution < 1.29 is 14.6 Å². The largest absolute Gasteiger partial charge is 0.490 e. The lowest BCUT2D eigenvalue weighted by molar-refractivity contribution is 0.267. The highest BCUT2D eigenvalue weighted by atomic mass is 79.9. The Morgan fingerprint density at radius 2 is 1.76 bits per heavy atom. The Hall–Kier alpha value is -1.02. The lowest BCUT2D eigenvalue weighted by Crippen LogP contribution is -2.23. The number of nitrogens with one attached hydrogen (secondary N) is 2. The topological polar surface area (TPSA) is 62.8 Å². The molecule has 0 aliphatic carbocycles. The fourth-order valence-corrected chi connectivity index (χ4v) is 3.83. The predicted molar refractivity (Wildman–Crippen MR) is 122 cm³/mol. The first kappa shape index (κ1) is 24.3. The summed E-state index contributed by atoms with van der Waals surface area (Å²) in [5.74, 6) is 1.30. The molecule has 0 aliphatic rings. The Morgan fingerprint density at radius 1 is 1.03 bits per heavy atom. The summed E-state index contributed by atoms with van der Waals surface area (Å²) < 4.78 is 12.6. The van der Waals surface area contributed by atoms with Gasteiger partial charge in [-0.1, -0.05) is 29.3 Å². The van der Waals surface area contributed by atoms with Crippen LogP contribution >= 0.6 is 39.1 Å². The van der Waals surface area contributed by atoms with Crippen LogP contribution < -0.4 is 20.1 Å². The minimum absolute atomic E-state index is 0.165. The van der Waals surface area contributed by atoms with Crippen molar-refractivity contribution in [2.75, 3.05) is 32.8 Å². The average Bonchev–Trinajstić information content (AvgIpc) is 2.68. The van der Waals surface area contributed by atoms with Gasteiger partial charge in [-0.25, -0.2) is 0 Å². The van der Waals surface area contributed by atoms with Gasteiger partial charge in [-0.05, 0) is 72.2 Å². The summed E-state index contributed by atoms with van der Waals surface area (Å²) in [6, 6.07) is 9.38. The molecule has 0 aliphatic heterocycles. The van der Waals surface area contributed by atoms with E-state index in [0.717, 1.165) is 41.7 Å². The summed E-state index contributed by atoms with van der Waals surface area (Å²) in [6.07, 6.45) is 0.985. The zero-order valence-corrected chi connectivity index (χ0v) is 19.5. The van der Waals surface area contributed by atoms with E-state index in [0.29, 0.717) is 34.7 Å². The second-order valence-corrected chi connectivity index (χ2v) is 8.00. The molecule has 0 saturated heterocycles. The fourth-order valence-electron chi connectivity index (χ4n) is 2.72. The van der Waals surface area contributed by atoms with Crippen LogP contribution in [0.3, 0.4) is 0 Å². The van der Waals surface area contributed by atoms with Gasteiger partial charge in [-0.2, -0.15) is 0 Å². The Kier molecular flexibility index (Phi) is 11.1. The summed E-state index contributed by atoms with van der Waals surface area (Å²) in [7, 11) is 0. The third-order valence-corrected chi connectivity index (χ3v) is 5.41. The monoisotopic (exact) mass is 504 g/mol. The molecule has 5 nitrogen and oxygen atoms in total. The van der Waals surface area contributed by atoms with Crippen molar-refractivity contribution in [2.45, 2.75) is 26.5 Å². The fraction of sp³-hybridized carbons (Fsp3) is 0.429. The molecule has 160 valence electrons. The molecule has 2 aromatic carbocycles. The number of ether oxygens (including phenoxy) is 2. The van der Waals surface area contributed by atoms with E-state index in [1.165, 1.54) is 0 Å². The minimum atomic E-state index is 0.165. The van der Waals surface area contributed by atoms with E-state index in [1.807, 2.05) is 19.1 Å². The highest BCUT2D eigenvalue weighted by Gasteiger charge is 2.14. The highest BCUT2D eigenvalue weighted by Crippen LogP contribution is 2.38. The molecule has 0 amide bonds. The van der Waals surface area contributed by atoms with E-state index in [2.05, 4.69) is 26.6 Å². The molecular weight excluding hydrogens is 479 g/mol. The van der Waals surface area contributed by atoms with Crippen LogP contribution in [0.25, 0.3) is 0 Å². The molecule has 8 heteroatoms. The quantitative estimate of drug-likeness (QED) is 0.341. The molecule has 2 rings (SSSR count). The molecule has 0 spiro atoms. The maximum atomic E-state index is 8.75. The second-order valence-electron chi connectivity index (χ2n) is 6.33. The molecule has 0 saturated carbocycles. The summed E-state index contributed by atoms with van der Waals surface area (Å²) in [5.41, 5.74) is 1.83. The van der Waals surface area contributed by atoms with Crippen molar-refractivity contribution >= 4 is 39.1 Å². The van der Waals surface area contributed by atoms with Crippen LogP contribution in [0.4, 0.5) is 0 Å². The minimum Gasteiger partial charge on any atom is -0.490 e. The number of hydrogen-bond donors (Lipinski definition) is 3. The third-order valence-electron chi connectivity index (χ3n) is 4.12. The van der Waals surface area contributed by atoms with E-state index < -0.39 is 0 Å². The zero-order chi connectivity index (χ0) is 21.1. The van der Waals surface area contributed by atoms with Gasteiger partial charge in [-0.15, -0.1) is 0 Å². The molecule has 0 aromatic heterocycles.